The molecule has 1 saturated carbocycles. The van der Waals surface area contributed by atoms with Gasteiger partial charge in [-0.25, -0.2) is 0 Å². The minimum Gasteiger partial charge on any atom is -0.481 e. The molecule has 1 saturated heterocycles. The Balaban J connectivity index is 1.87. The predicted octanol–water partition coefficient (Wildman–Crippen LogP) is 3.63. The van der Waals surface area contributed by atoms with E-state index in [1.165, 1.54) is 0 Å². The van der Waals surface area contributed by atoms with E-state index in [2.05, 4.69) is 25.7 Å². The van der Waals surface area contributed by atoms with Gasteiger partial charge in [0.05, 0.1) is 10.8 Å². The van der Waals surface area contributed by atoms with Gasteiger partial charge in [0.2, 0.25) is 0 Å². The van der Waals surface area contributed by atoms with E-state index in [1.54, 1.807) is 12.1 Å². The highest BCUT2D eigenvalue weighted by Gasteiger charge is 2.60. The number of carboxylic acids is 1. The van der Waals surface area contributed by atoms with E-state index in [9.17, 15) is 20.0 Å². The molecule has 2 aliphatic heterocycles. The third-order valence-corrected chi connectivity index (χ3v) is 6.47. The number of carbonyl (C=O) groups is 1. The molecule has 0 spiro atoms. The van der Waals surface area contributed by atoms with Gasteiger partial charge in [-0.2, -0.15) is 0 Å². The molecule has 2 heterocycles. The van der Waals surface area contributed by atoms with Crippen LogP contribution in [-0.2, 0) is 11.2 Å². The number of fused-ring (bicyclic) bond motifs is 7. The van der Waals surface area contributed by atoms with Crippen molar-refractivity contribution in [2.24, 2.45) is 16.7 Å². The fraction of sp³-hybridized carbons (Fsp3) is 0.632. The summed E-state index contributed by atoms with van der Waals surface area (Å²) in [5, 5.41) is 21.0. The molecule has 0 amide bonds. The number of nitro groups is 1. The molecule has 4 rings (SSSR count). The fourth-order valence-corrected chi connectivity index (χ4v) is 6.17. The number of non-ortho nitro benzene ring substituents is 1. The molecule has 0 unspecified atom stereocenters. The second-order valence-corrected chi connectivity index (χ2v) is 9.13. The van der Waals surface area contributed by atoms with Gasteiger partial charge in [0.1, 0.15) is 0 Å². The van der Waals surface area contributed by atoms with Gasteiger partial charge in [-0.3, -0.25) is 14.9 Å². The van der Waals surface area contributed by atoms with Gasteiger partial charge in [-0.05, 0) is 48.1 Å². The average molecular weight is 344 g/mol. The van der Waals surface area contributed by atoms with E-state index < -0.39 is 16.8 Å². The molecule has 3 aliphatic rings. The summed E-state index contributed by atoms with van der Waals surface area (Å²) in [6, 6.07) is 5.21. The number of carboxylic acid groups (broad SMARTS) is 1. The zero-order chi connectivity index (χ0) is 18.1. The smallest absolute Gasteiger partial charge is 0.308 e. The molecular weight excluding hydrogens is 320 g/mol. The standard InChI is InChI=1S/C19H24N2O4/c1-18(2)8-13-9-19(3,10-18)16-14(17(22)23)7-11-6-12(21(24)25)4-5-15(11)20(13)16/h4-6,13-14,16H,7-10H2,1-3H3,(H,22,23)/t13-,14+,16-,19+/m1/s1. The first kappa shape index (κ1) is 16.4. The van der Waals surface area contributed by atoms with Crippen molar-refractivity contribution in [2.45, 2.75) is 58.5 Å². The number of anilines is 1. The lowest BCUT2D eigenvalue weighted by molar-refractivity contribution is -0.384. The second-order valence-electron chi connectivity index (χ2n) is 9.13. The first-order valence-corrected chi connectivity index (χ1v) is 8.90. The van der Waals surface area contributed by atoms with E-state index in [0.717, 1.165) is 30.5 Å². The Bertz CT molecular complexity index is 775. The monoisotopic (exact) mass is 344 g/mol. The molecule has 1 aliphatic carbocycles. The average Bonchev–Trinajstić information content (AvgIpc) is 2.72. The van der Waals surface area contributed by atoms with Gasteiger partial charge in [0, 0.05) is 29.9 Å². The van der Waals surface area contributed by atoms with Crippen molar-refractivity contribution >= 4 is 17.3 Å². The minimum atomic E-state index is -0.793. The summed E-state index contributed by atoms with van der Waals surface area (Å²) in [4.78, 5) is 25.1. The number of aliphatic carboxylic acids is 1. The van der Waals surface area contributed by atoms with Crippen LogP contribution in [0.3, 0.4) is 0 Å². The molecule has 4 atom stereocenters. The zero-order valence-electron chi connectivity index (χ0n) is 14.9. The molecule has 6 nitrogen and oxygen atoms in total. The molecule has 25 heavy (non-hydrogen) atoms. The van der Waals surface area contributed by atoms with Crippen molar-refractivity contribution in [3.05, 3.63) is 33.9 Å². The molecule has 1 aromatic carbocycles. The van der Waals surface area contributed by atoms with Crippen LogP contribution in [-0.4, -0.2) is 28.1 Å². The lowest BCUT2D eigenvalue weighted by atomic mass is 9.61. The number of benzene rings is 1. The molecule has 0 radical (unpaired) electrons. The number of nitro benzene ring substituents is 1. The lowest BCUT2D eigenvalue weighted by Crippen LogP contribution is -2.51. The van der Waals surface area contributed by atoms with E-state index in [-0.39, 0.29) is 22.6 Å². The maximum Gasteiger partial charge on any atom is 0.308 e. The zero-order valence-corrected chi connectivity index (χ0v) is 14.9. The summed E-state index contributed by atoms with van der Waals surface area (Å²) >= 11 is 0. The number of hydrogen-bond acceptors (Lipinski definition) is 4. The van der Waals surface area contributed by atoms with Gasteiger partial charge < -0.3 is 10.0 Å². The lowest BCUT2D eigenvalue weighted by Gasteiger charge is -2.44. The quantitative estimate of drug-likeness (QED) is 0.654. The van der Waals surface area contributed by atoms with Crippen LogP contribution >= 0.6 is 0 Å². The highest BCUT2D eigenvalue weighted by molar-refractivity contribution is 5.76. The van der Waals surface area contributed by atoms with Gasteiger partial charge >= 0.3 is 5.97 Å². The third kappa shape index (κ3) is 2.34. The van der Waals surface area contributed by atoms with E-state index in [4.69, 9.17) is 0 Å². The highest BCUT2D eigenvalue weighted by atomic mass is 16.6. The molecule has 2 bridgehead atoms. The van der Waals surface area contributed by atoms with Crippen molar-refractivity contribution in [3.63, 3.8) is 0 Å². The number of hydrogen-bond donors (Lipinski definition) is 1. The van der Waals surface area contributed by atoms with Crippen LogP contribution in [0.2, 0.25) is 0 Å². The van der Waals surface area contributed by atoms with Crippen molar-refractivity contribution in [2.75, 3.05) is 4.90 Å². The summed E-state index contributed by atoms with van der Waals surface area (Å²) in [7, 11) is 0. The molecule has 2 fully saturated rings. The molecule has 1 N–H and O–H groups in total. The number of nitrogens with zero attached hydrogens (tertiary/aromatic N) is 2. The van der Waals surface area contributed by atoms with Crippen molar-refractivity contribution in [1.29, 1.82) is 0 Å². The van der Waals surface area contributed by atoms with Crippen LogP contribution in [0, 0.1) is 26.9 Å². The van der Waals surface area contributed by atoms with Crippen LogP contribution in [0.1, 0.15) is 45.6 Å². The second kappa shape index (κ2) is 4.96. The maximum absolute atomic E-state index is 12.1. The Morgan fingerprint density at radius 2 is 2.04 bits per heavy atom. The highest BCUT2D eigenvalue weighted by Crippen LogP contribution is 2.60. The van der Waals surface area contributed by atoms with Gasteiger partial charge in [0.15, 0.2) is 0 Å². The Hall–Kier alpha value is -2.11. The normalized spacial score (nSPS) is 35.0. The van der Waals surface area contributed by atoms with Crippen LogP contribution < -0.4 is 4.90 Å². The molecule has 134 valence electrons. The first-order chi connectivity index (χ1) is 11.6. The summed E-state index contributed by atoms with van der Waals surface area (Å²) in [5.41, 5.74) is 1.98. The molecule has 6 heteroatoms. The molecular formula is C19H24N2O4. The SMILES string of the molecule is CC1(C)C[C@@H]2C[C@@](C)(C1)[C@H]1[C@@H](C(=O)O)Cc3cc([N+](=O)[O-])ccc3N21. The summed E-state index contributed by atoms with van der Waals surface area (Å²) in [5.74, 6) is -1.31. The minimum absolute atomic E-state index is 0.0328. The molecule has 0 aromatic heterocycles. The number of rotatable bonds is 2. The van der Waals surface area contributed by atoms with E-state index >= 15 is 0 Å². The first-order valence-electron chi connectivity index (χ1n) is 8.90. The third-order valence-electron chi connectivity index (χ3n) is 6.47. The van der Waals surface area contributed by atoms with Gasteiger partial charge in [-0.1, -0.05) is 20.8 Å². The van der Waals surface area contributed by atoms with Crippen molar-refractivity contribution < 1.29 is 14.8 Å². The fourth-order valence-electron chi connectivity index (χ4n) is 6.17. The van der Waals surface area contributed by atoms with Crippen LogP contribution in [0.25, 0.3) is 0 Å². The maximum atomic E-state index is 12.1. The Kier molecular flexibility index (Phi) is 3.25. The summed E-state index contributed by atoms with van der Waals surface area (Å²) in [6.45, 7) is 6.77. The van der Waals surface area contributed by atoms with Gasteiger partial charge in [-0.15, -0.1) is 0 Å². The Morgan fingerprint density at radius 1 is 1.32 bits per heavy atom. The topological polar surface area (TPSA) is 83.7 Å². The Labute approximate surface area is 147 Å². The Morgan fingerprint density at radius 3 is 2.68 bits per heavy atom. The van der Waals surface area contributed by atoms with Crippen LogP contribution in [0.4, 0.5) is 11.4 Å². The largest absolute Gasteiger partial charge is 0.481 e. The van der Waals surface area contributed by atoms with E-state index in [1.807, 2.05) is 6.07 Å². The van der Waals surface area contributed by atoms with Crippen LogP contribution in [0.5, 0.6) is 0 Å². The summed E-state index contributed by atoms with van der Waals surface area (Å²) < 4.78 is 0. The molecule has 1 aromatic rings. The van der Waals surface area contributed by atoms with Gasteiger partial charge in [0.25, 0.3) is 5.69 Å². The van der Waals surface area contributed by atoms with E-state index in [0.29, 0.717) is 12.5 Å². The van der Waals surface area contributed by atoms with Crippen molar-refractivity contribution in [1.82, 2.24) is 0 Å². The van der Waals surface area contributed by atoms with Crippen LogP contribution in [0.15, 0.2) is 18.2 Å². The van der Waals surface area contributed by atoms with Crippen molar-refractivity contribution in [3.8, 4) is 0 Å². The predicted molar refractivity (Wildman–Crippen MR) is 93.7 cm³/mol. The summed E-state index contributed by atoms with van der Waals surface area (Å²) in [6.07, 6.45) is 3.42.